The number of hydrogen-bond donors (Lipinski definition) is 0. The molecule has 0 heterocycles. The summed E-state index contributed by atoms with van der Waals surface area (Å²) in [6, 6.07) is -0.353. The van der Waals surface area contributed by atoms with E-state index in [1.165, 1.54) is 6.08 Å². The van der Waals surface area contributed by atoms with Gasteiger partial charge in [-0.2, -0.15) is 0 Å². The molecule has 0 rings (SSSR count). The third kappa shape index (κ3) is 4.59. The Balaban J connectivity index is 4.98. The van der Waals surface area contributed by atoms with Crippen molar-refractivity contribution in [3.05, 3.63) is 12.2 Å². The zero-order valence-corrected chi connectivity index (χ0v) is 11.6. The quantitative estimate of drug-likeness (QED) is 0.663. The van der Waals surface area contributed by atoms with Gasteiger partial charge in [0.05, 0.1) is 0 Å². The van der Waals surface area contributed by atoms with Crippen molar-refractivity contribution in [2.45, 2.75) is 39.7 Å². The fourth-order valence-electron chi connectivity index (χ4n) is 1.73. The molecule has 0 fully saturated rings. The van der Waals surface area contributed by atoms with Gasteiger partial charge in [0, 0.05) is 20.6 Å². The fourth-order valence-corrected chi connectivity index (χ4v) is 1.73. The number of hydrogen-bond acceptors (Lipinski definition) is 2. The Labute approximate surface area is 104 Å². The van der Waals surface area contributed by atoms with E-state index in [-0.39, 0.29) is 17.9 Å². The monoisotopic (exact) mass is 240 g/mol. The van der Waals surface area contributed by atoms with Crippen LogP contribution in [0.1, 0.15) is 33.6 Å². The Morgan fingerprint density at radius 2 is 1.82 bits per heavy atom. The normalized spacial score (nSPS) is 12.5. The number of nitrogens with zero attached hydrogens (tertiary/aromatic N) is 2. The highest BCUT2D eigenvalue weighted by molar-refractivity contribution is 5.92. The van der Waals surface area contributed by atoms with Crippen LogP contribution < -0.4 is 0 Å². The molecule has 0 bridgehead atoms. The molecule has 0 radical (unpaired) electrons. The van der Waals surface area contributed by atoms with E-state index in [2.05, 4.69) is 0 Å². The summed E-state index contributed by atoms with van der Waals surface area (Å²) in [7, 11) is 3.44. The molecule has 0 aromatic heterocycles. The molecule has 4 nitrogen and oxygen atoms in total. The minimum Gasteiger partial charge on any atom is -0.347 e. The highest BCUT2D eigenvalue weighted by Crippen LogP contribution is 2.09. The van der Waals surface area contributed by atoms with Crippen LogP contribution in [-0.2, 0) is 9.59 Å². The summed E-state index contributed by atoms with van der Waals surface area (Å²) in [6.07, 6.45) is 4.71. The van der Waals surface area contributed by atoms with Crippen molar-refractivity contribution in [1.82, 2.24) is 9.80 Å². The molecule has 98 valence electrons. The molecule has 2 amide bonds. The maximum absolute atomic E-state index is 12.0. The van der Waals surface area contributed by atoms with Gasteiger partial charge in [0.25, 0.3) is 0 Å². The van der Waals surface area contributed by atoms with Gasteiger partial charge in [0.15, 0.2) is 0 Å². The smallest absolute Gasteiger partial charge is 0.246 e. The lowest BCUT2D eigenvalue weighted by atomic mass is 10.1. The SMILES string of the molecule is C/C=C/C(=O)N(CCC)[C@@H](CC)C(=O)N(C)C. The van der Waals surface area contributed by atoms with Crippen molar-refractivity contribution < 1.29 is 9.59 Å². The van der Waals surface area contributed by atoms with Gasteiger partial charge in [-0.1, -0.05) is 19.9 Å². The second kappa shape index (κ2) is 7.87. The number of amides is 2. The standard InChI is InChI=1S/C13H24N2O2/c1-6-9-12(16)15(10-7-2)11(8-3)13(17)14(4)5/h6,9,11H,7-8,10H2,1-5H3/b9-6+/t11-/m0/s1. The van der Waals surface area contributed by atoms with Crippen LogP contribution in [-0.4, -0.2) is 48.3 Å². The highest BCUT2D eigenvalue weighted by atomic mass is 16.2. The minimum atomic E-state index is -0.353. The summed E-state index contributed by atoms with van der Waals surface area (Å²) in [6.45, 7) is 6.35. The third-order valence-corrected chi connectivity index (χ3v) is 2.55. The molecule has 0 aliphatic rings. The first-order valence-electron chi connectivity index (χ1n) is 6.13. The van der Waals surface area contributed by atoms with Crippen molar-refractivity contribution in [2.75, 3.05) is 20.6 Å². The zero-order chi connectivity index (χ0) is 13.4. The van der Waals surface area contributed by atoms with Crippen LogP contribution in [0.4, 0.5) is 0 Å². The van der Waals surface area contributed by atoms with Gasteiger partial charge in [0.1, 0.15) is 6.04 Å². The summed E-state index contributed by atoms with van der Waals surface area (Å²) in [5, 5.41) is 0. The summed E-state index contributed by atoms with van der Waals surface area (Å²) >= 11 is 0. The van der Waals surface area contributed by atoms with Crippen LogP contribution >= 0.6 is 0 Å². The predicted octanol–water partition coefficient (Wildman–Crippen LogP) is 1.67. The molecule has 0 aromatic carbocycles. The summed E-state index contributed by atoms with van der Waals surface area (Å²) in [5.41, 5.74) is 0. The van der Waals surface area contributed by atoms with E-state index >= 15 is 0 Å². The average Bonchev–Trinajstić information content (AvgIpc) is 2.28. The predicted molar refractivity (Wildman–Crippen MR) is 69.6 cm³/mol. The third-order valence-electron chi connectivity index (χ3n) is 2.55. The molecule has 0 saturated carbocycles. The van der Waals surface area contributed by atoms with E-state index in [0.29, 0.717) is 13.0 Å². The first-order chi connectivity index (χ1) is 7.99. The number of carbonyl (C=O) groups excluding carboxylic acids is 2. The van der Waals surface area contributed by atoms with Gasteiger partial charge in [-0.3, -0.25) is 9.59 Å². The lowest BCUT2D eigenvalue weighted by Gasteiger charge is -2.31. The molecule has 0 unspecified atom stereocenters. The molecular weight excluding hydrogens is 216 g/mol. The van der Waals surface area contributed by atoms with E-state index in [4.69, 9.17) is 0 Å². The topological polar surface area (TPSA) is 40.6 Å². The summed E-state index contributed by atoms with van der Waals surface area (Å²) < 4.78 is 0. The van der Waals surface area contributed by atoms with Crippen molar-refractivity contribution in [3.8, 4) is 0 Å². The highest BCUT2D eigenvalue weighted by Gasteiger charge is 2.27. The van der Waals surface area contributed by atoms with E-state index < -0.39 is 0 Å². The molecular formula is C13H24N2O2. The molecule has 4 heteroatoms. The summed E-state index contributed by atoms with van der Waals surface area (Å²) in [5.74, 6) is -0.102. The molecule has 0 aliphatic carbocycles. The van der Waals surface area contributed by atoms with Crippen molar-refractivity contribution in [3.63, 3.8) is 0 Å². The van der Waals surface area contributed by atoms with E-state index in [9.17, 15) is 9.59 Å². The maximum Gasteiger partial charge on any atom is 0.246 e. The molecule has 0 N–H and O–H groups in total. The Morgan fingerprint density at radius 3 is 2.18 bits per heavy atom. The van der Waals surface area contributed by atoms with E-state index in [1.807, 2.05) is 13.8 Å². The van der Waals surface area contributed by atoms with Gasteiger partial charge < -0.3 is 9.80 Å². The van der Waals surface area contributed by atoms with E-state index in [0.717, 1.165) is 6.42 Å². The summed E-state index contributed by atoms with van der Waals surface area (Å²) in [4.78, 5) is 27.1. The minimum absolute atomic E-state index is 0.0150. The Hall–Kier alpha value is -1.32. The first-order valence-corrected chi connectivity index (χ1v) is 6.13. The largest absolute Gasteiger partial charge is 0.347 e. The van der Waals surface area contributed by atoms with Gasteiger partial charge >= 0.3 is 0 Å². The van der Waals surface area contributed by atoms with Gasteiger partial charge in [0.2, 0.25) is 11.8 Å². The second-order valence-corrected chi connectivity index (χ2v) is 4.19. The molecule has 0 aliphatic heterocycles. The van der Waals surface area contributed by atoms with Crippen molar-refractivity contribution in [1.29, 1.82) is 0 Å². The van der Waals surface area contributed by atoms with Gasteiger partial charge in [-0.25, -0.2) is 0 Å². The number of likely N-dealkylation sites (N-methyl/N-ethyl adjacent to an activating group) is 1. The fraction of sp³-hybridized carbons (Fsp3) is 0.692. The maximum atomic E-state index is 12.0. The van der Waals surface area contributed by atoms with Gasteiger partial charge in [-0.05, 0) is 25.8 Å². The Kier molecular flexibility index (Phi) is 7.26. The van der Waals surface area contributed by atoms with Crippen molar-refractivity contribution >= 4 is 11.8 Å². The second-order valence-electron chi connectivity index (χ2n) is 4.19. The van der Waals surface area contributed by atoms with Crippen LogP contribution in [0.2, 0.25) is 0 Å². The number of rotatable bonds is 6. The van der Waals surface area contributed by atoms with Crippen LogP contribution in [0.5, 0.6) is 0 Å². The Bertz CT molecular complexity index is 285. The first kappa shape index (κ1) is 15.7. The molecule has 17 heavy (non-hydrogen) atoms. The average molecular weight is 240 g/mol. The van der Waals surface area contributed by atoms with Crippen LogP contribution in [0.25, 0.3) is 0 Å². The number of carbonyl (C=O) groups is 2. The van der Waals surface area contributed by atoms with Crippen LogP contribution in [0.3, 0.4) is 0 Å². The molecule has 0 aromatic rings. The lowest BCUT2D eigenvalue weighted by Crippen LogP contribution is -2.48. The van der Waals surface area contributed by atoms with E-state index in [1.54, 1.807) is 36.9 Å². The molecule has 0 spiro atoms. The van der Waals surface area contributed by atoms with Crippen LogP contribution in [0.15, 0.2) is 12.2 Å². The number of allylic oxidation sites excluding steroid dienone is 1. The van der Waals surface area contributed by atoms with Crippen molar-refractivity contribution in [2.24, 2.45) is 0 Å². The Morgan fingerprint density at radius 1 is 1.24 bits per heavy atom. The molecule has 1 atom stereocenters. The van der Waals surface area contributed by atoms with Crippen LogP contribution in [0, 0.1) is 0 Å². The zero-order valence-electron chi connectivity index (χ0n) is 11.6. The lowest BCUT2D eigenvalue weighted by molar-refractivity contribution is -0.142. The molecule has 0 saturated heterocycles. The van der Waals surface area contributed by atoms with Gasteiger partial charge in [-0.15, -0.1) is 0 Å².